The maximum absolute atomic E-state index is 13.0. The lowest BCUT2D eigenvalue weighted by molar-refractivity contribution is -0.132. The van der Waals surface area contributed by atoms with Crippen LogP contribution in [-0.4, -0.2) is 67.5 Å². The number of nitrogens with one attached hydrogen (secondary N) is 1. The van der Waals surface area contributed by atoms with Crippen molar-refractivity contribution in [1.82, 2.24) is 15.1 Å². The predicted molar refractivity (Wildman–Crippen MR) is 113 cm³/mol. The van der Waals surface area contributed by atoms with Crippen LogP contribution in [-0.2, 0) is 16.0 Å². The van der Waals surface area contributed by atoms with Crippen LogP contribution in [0.4, 0.5) is 4.39 Å². The number of piperazine rings is 1. The number of hydrogen-bond donors (Lipinski definition) is 1. The number of amides is 2. The summed E-state index contributed by atoms with van der Waals surface area (Å²) in [5.74, 6) is 0.471. The summed E-state index contributed by atoms with van der Waals surface area (Å²) in [6, 6.07) is 13.8. The summed E-state index contributed by atoms with van der Waals surface area (Å²) in [5.41, 5.74) is 1.93. The third kappa shape index (κ3) is 6.84. The molecule has 2 aromatic rings. The van der Waals surface area contributed by atoms with Gasteiger partial charge in [0.1, 0.15) is 18.2 Å². The van der Waals surface area contributed by atoms with E-state index in [2.05, 4.69) is 5.32 Å². The summed E-state index contributed by atoms with van der Waals surface area (Å²) in [7, 11) is 0. The van der Waals surface area contributed by atoms with Crippen LogP contribution in [0.1, 0.15) is 11.1 Å². The van der Waals surface area contributed by atoms with Crippen LogP contribution in [0.15, 0.2) is 48.5 Å². The lowest BCUT2D eigenvalue weighted by Gasteiger charge is -2.34. The van der Waals surface area contributed by atoms with Crippen LogP contribution in [0.5, 0.6) is 5.75 Å². The van der Waals surface area contributed by atoms with E-state index in [1.54, 1.807) is 17.0 Å². The molecule has 6 nitrogen and oxygen atoms in total. The van der Waals surface area contributed by atoms with Gasteiger partial charge in [-0.1, -0.05) is 24.3 Å². The minimum atomic E-state index is -0.306. The Bertz CT molecular complexity index is 849. The fourth-order valence-corrected chi connectivity index (χ4v) is 3.37. The highest BCUT2D eigenvalue weighted by molar-refractivity contribution is 5.79. The van der Waals surface area contributed by atoms with Gasteiger partial charge in [-0.2, -0.15) is 0 Å². The van der Waals surface area contributed by atoms with E-state index < -0.39 is 0 Å². The molecule has 0 atom stereocenters. The largest absolute Gasteiger partial charge is 0.492 e. The number of ether oxygens (including phenoxy) is 1. The highest BCUT2D eigenvalue weighted by Gasteiger charge is 2.22. The molecule has 1 saturated heterocycles. The first-order valence-electron chi connectivity index (χ1n) is 10.2. The van der Waals surface area contributed by atoms with Gasteiger partial charge in [-0.3, -0.25) is 14.5 Å². The number of rotatable bonds is 8. The van der Waals surface area contributed by atoms with Crippen LogP contribution in [0.2, 0.25) is 0 Å². The monoisotopic (exact) mass is 413 g/mol. The minimum absolute atomic E-state index is 0.0269. The Labute approximate surface area is 176 Å². The van der Waals surface area contributed by atoms with Crippen LogP contribution >= 0.6 is 0 Å². The number of carbonyl (C=O) groups excluding carboxylic acids is 2. The average Bonchev–Trinajstić information content (AvgIpc) is 2.73. The van der Waals surface area contributed by atoms with Gasteiger partial charge in [0.15, 0.2) is 0 Å². The molecule has 0 spiro atoms. The van der Waals surface area contributed by atoms with Crippen LogP contribution in [0.3, 0.4) is 0 Å². The molecule has 1 fully saturated rings. The summed E-state index contributed by atoms with van der Waals surface area (Å²) < 4.78 is 18.6. The molecule has 0 saturated carbocycles. The minimum Gasteiger partial charge on any atom is -0.492 e. The van der Waals surface area contributed by atoms with Crippen molar-refractivity contribution in [3.8, 4) is 5.75 Å². The number of carbonyl (C=O) groups is 2. The summed E-state index contributed by atoms with van der Waals surface area (Å²) in [4.78, 5) is 28.4. The molecular formula is C23H28FN3O3. The van der Waals surface area contributed by atoms with Crippen molar-refractivity contribution in [2.75, 3.05) is 45.9 Å². The molecule has 1 aliphatic rings. The van der Waals surface area contributed by atoms with E-state index in [-0.39, 0.29) is 24.1 Å². The van der Waals surface area contributed by atoms with Gasteiger partial charge < -0.3 is 15.0 Å². The zero-order valence-electron chi connectivity index (χ0n) is 17.3. The predicted octanol–water partition coefficient (Wildman–Crippen LogP) is 2.02. The first-order chi connectivity index (χ1) is 14.5. The molecule has 30 heavy (non-hydrogen) atoms. The Morgan fingerprint density at radius 3 is 2.50 bits per heavy atom. The molecule has 7 heteroatoms. The van der Waals surface area contributed by atoms with Gasteiger partial charge in [-0.05, 0) is 42.3 Å². The maximum Gasteiger partial charge on any atom is 0.234 e. The molecule has 0 aliphatic carbocycles. The number of halogens is 1. The lowest BCUT2D eigenvalue weighted by atomic mass is 10.1. The Balaban J connectivity index is 1.31. The van der Waals surface area contributed by atoms with Gasteiger partial charge in [-0.25, -0.2) is 4.39 Å². The van der Waals surface area contributed by atoms with E-state index in [1.165, 1.54) is 12.1 Å². The summed E-state index contributed by atoms with van der Waals surface area (Å²) in [6.45, 7) is 5.66. The smallest absolute Gasteiger partial charge is 0.234 e. The maximum atomic E-state index is 13.0. The van der Waals surface area contributed by atoms with Crippen molar-refractivity contribution in [3.05, 3.63) is 65.5 Å². The Hall–Kier alpha value is -2.93. The number of nitrogens with zero attached hydrogens (tertiary/aromatic N) is 2. The quantitative estimate of drug-likeness (QED) is 0.673. The van der Waals surface area contributed by atoms with Crippen molar-refractivity contribution in [2.24, 2.45) is 0 Å². The number of hydrogen-bond acceptors (Lipinski definition) is 4. The van der Waals surface area contributed by atoms with Gasteiger partial charge >= 0.3 is 0 Å². The van der Waals surface area contributed by atoms with Crippen molar-refractivity contribution in [1.29, 1.82) is 0 Å². The van der Waals surface area contributed by atoms with Crippen LogP contribution < -0.4 is 10.1 Å². The van der Waals surface area contributed by atoms with Gasteiger partial charge in [0.2, 0.25) is 11.8 Å². The standard InChI is InChI=1S/C23H28FN3O3/c1-18-3-2-4-21(15-18)30-14-9-25-22(28)17-26-10-12-27(13-11-26)23(29)16-19-5-7-20(24)8-6-19/h2-8,15H,9-14,16-17H2,1H3,(H,25,28). The second-order valence-electron chi connectivity index (χ2n) is 7.48. The number of benzene rings is 2. The fourth-order valence-electron chi connectivity index (χ4n) is 3.37. The van der Waals surface area contributed by atoms with Gasteiger partial charge in [-0.15, -0.1) is 0 Å². The first kappa shape index (κ1) is 21.8. The van der Waals surface area contributed by atoms with Crippen LogP contribution in [0.25, 0.3) is 0 Å². The van der Waals surface area contributed by atoms with Crippen molar-refractivity contribution >= 4 is 11.8 Å². The second-order valence-corrected chi connectivity index (χ2v) is 7.48. The van der Waals surface area contributed by atoms with Crippen LogP contribution in [0, 0.1) is 12.7 Å². The molecule has 1 heterocycles. The van der Waals surface area contributed by atoms with Crippen molar-refractivity contribution in [2.45, 2.75) is 13.3 Å². The van der Waals surface area contributed by atoms with Gasteiger partial charge in [0, 0.05) is 26.2 Å². The first-order valence-corrected chi connectivity index (χ1v) is 10.2. The fraction of sp³-hybridized carbons (Fsp3) is 0.391. The Kier molecular flexibility index (Phi) is 7.79. The topological polar surface area (TPSA) is 61.9 Å². The average molecular weight is 413 g/mol. The summed E-state index contributed by atoms with van der Waals surface area (Å²) in [5, 5.41) is 2.87. The van der Waals surface area contributed by atoms with E-state index in [0.29, 0.717) is 45.9 Å². The normalized spacial score (nSPS) is 14.4. The molecule has 0 bridgehead atoms. The van der Waals surface area contributed by atoms with E-state index >= 15 is 0 Å². The van der Waals surface area contributed by atoms with E-state index in [1.807, 2.05) is 36.1 Å². The highest BCUT2D eigenvalue weighted by Crippen LogP contribution is 2.12. The third-order valence-electron chi connectivity index (χ3n) is 5.04. The van der Waals surface area contributed by atoms with E-state index in [9.17, 15) is 14.0 Å². The molecule has 2 aromatic carbocycles. The highest BCUT2D eigenvalue weighted by atomic mass is 19.1. The lowest BCUT2D eigenvalue weighted by Crippen LogP contribution is -2.51. The van der Waals surface area contributed by atoms with Gasteiger partial charge in [0.05, 0.1) is 19.5 Å². The second kappa shape index (κ2) is 10.7. The summed E-state index contributed by atoms with van der Waals surface area (Å²) >= 11 is 0. The molecule has 0 radical (unpaired) electrons. The molecule has 3 rings (SSSR count). The molecule has 0 aromatic heterocycles. The Morgan fingerprint density at radius 1 is 1.07 bits per heavy atom. The third-order valence-corrected chi connectivity index (χ3v) is 5.04. The molecular weight excluding hydrogens is 385 g/mol. The van der Waals surface area contributed by atoms with Gasteiger partial charge in [0.25, 0.3) is 0 Å². The molecule has 2 amide bonds. The Morgan fingerprint density at radius 2 is 1.80 bits per heavy atom. The zero-order valence-corrected chi connectivity index (χ0v) is 17.3. The number of aryl methyl sites for hydroxylation is 1. The van der Waals surface area contributed by atoms with Crippen molar-refractivity contribution < 1.29 is 18.7 Å². The zero-order chi connectivity index (χ0) is 21.3. The SMILES string of the molecule is Cc1cccc(OCCNC(=O)CN2CCN(C(=O)Cc3ccc(F)cc3)CC2)c1. The molecule has 1 N–H and O–H groups in total. The molecule has 1 aliphatic heterocycles. The molecule has 160 valence electrons. The molecule has 0 unspecified atom stereocenters. The van der Waals surface area contributed by atoms with E-state index in [0.717, 1.165) is 16.9 Å². The van der Waals surface area contributed by atoms with Crippen molar-refractivity contribution in [3.63, 3.8) is 0 Å². The van der Waals surface area contributed by atoms with E-state index in [4.69, 9.17) is 4.74 Å². The summed E-state index contributed by atoms with van der Waals surface area (Å²) in [6.07, 6.45) is 0.266.